The normalized spacial score (nSPS) is 25.0. The summed E-state index contributed by atoms with van der Waals surface area (Å²) in [6, 6.07) is 16.0. The Balaban J connectivity index is 1.56. The van der Waals surface area contributed by atoms with Crippen LogP contribution in [0.3, 0.4) is 0 Å². The van der Waals surface area contributed by atoms with Crippen LogP contribution in [-0.2, 0) is 18.4 Å². The van der Waals surface area contributed by atoms with E-state index in [1.807, 2.05) is 17.0 Å². The summed E-state index contributed by atoms with van der Waals surface area (Å²) in [5.74, 6) is -0.553. The van der Waals surface area contributed by atoms with Gasteiger partial charge < -0.3 is 10.0 Å². The quantitative estimate of drug-likeness (QED) is 0.638. The number of aromatic hydroxyl groups is 1. The van der Waals surface area contributed by atoms with E-state index in [2.05, 4.69) is 35.3 Å². The Bertz CT molecular complexity index is 1410. The molecule has 1 aliphatic heterocycles. The Morgan fingerprint density at radius 3 is 2.58 bits per heavy atom. The van der Waals surface area contributed by atoms with Crippen molar-refractivity contribution in [1.82, 2.24) is 9.58 Å². The van der Waals surface area contributed by atoms with Crippen molar-refractivity contribution in [3.63, 3.8) is 0 Å². The average Bonchev–Trinajstić information content (AvgIpc) is 3.52. The van der Waals surface area contributed by atoms with Gasteiger partial charge in [-0.15, -0.1) is 0 Å². The molecule has 2 aromatic carbocycles. The molecule has 3 aromatic rings. The van der Waals surface area contributed by atoms with Gasteiger partial charge in [0, 0.05) is 29.2 Å². The SMILES string of the molecule is O=C1c2c(O)c(=O)ccn2N(C23c4ccccc4CC2Cc2c(Cl)cccc23)CN1C1CC1. The number of hydrogen-bond acceptors (Lipinski definition) is 4. The summed E-state index contributed by atoms with van der Waals surface area (Å²) >= 11 is 6.70. The van der Waals surface area contributed by atoms with Crippen LogP contribution in [0.4, 0.5) is 0 Å². The minimum atomic E-state index is -0.555. The molecule has 0 bridgehead atoms. The second-order valence-corrected chi connectivity index (χ2v) is 9.97. The Morgan fingerprint density at radius 1 is 0.970 bits per heavy atom. The summed E-state index contributed by atoms with van der Waals surface area (Å²) < 4.78 is 1.73. The number of amides is 1. The number of pyridine rings is 1. The van der Waals surface area contributed by atoms with E-state index in [-0.39, 0.29) is 23.6 Å². The molecule has 166 valence electrons. The Kier molecular flexibility index (Phi) is 3.74. The molecular weight excluding hydrogens is 438 g/mol. The van der Waals surface area contributed by atoms with E-state index in [0.29, 0.717) is 6.67 Å². The molecule has 2 unspecified atom stereocenters. The van der Waals surface area contributed by atoms with Crippen molar-refractivity contribution >= 4 is 17.5 Å². The van der Waals surface area contributed by atoms with Crippen LogP contribution in [0.25, 0.3) is 0 Å². The van der Waals surface area contributed by atoms with Gasteiger partial charge in [0.15, 0.2) is 11.4 Å². The number of hydrogen-bond donors (Lipinski definition) is 1. The van der Waals surface area contributed by atoms with E-state index in [9.17, 15) is 14.7 Å². The number of fused-ring (bicyclic) bond motifs is 6. The summed E-state index contributed by atoms with van der Waals surface area (Å²) in [7, 11) is 0. The van der Waals surface area contributed by atoms with Crippen LogP contribution in [0.15, 0.2) is 59.5 Å². The fourth-order valence-electron chi connectivity index (χ4n) is 6.43. The third-order valence-corrected chi connectivity index (χ3v) is 8.28. The second kappa shape index (κ2) is 6.41. The van der Waals surface area contributed by atoms with Gasteiger partial charge in [0.05, 0.1) is 0 Å². The number of carbonyl (C=O) groups is 1. The second-order valence-electron chi connectivity index (χ2n) is 9.56. The highest BCUT2D eigenvalue weighted by atomic mass is 35.5. The predicted octanol–water partition coefficient (Wildman–Crippen LogP) is 3.39. The highest BCUT2D eigenvalue weighted by Crippen LogP contribution is 2.57. The van der Waals surface area contributed by atoms with Crippen LogP contribution in [0.2, 0.25) is 5.02 Å². The van der Waals surface area contributed by atoms with E-state index >= 15 is 0 Å². The summed E-state index contributed by atoms with van der Waals surface area (Å²) in [4.78, 5) is 27.6. The molecule has 6 nitrogen and oxygen atoms in total. The van der Waals surface area contributed by atoms with Crippen molar-refractivity contribution in [1.29, 1.82) is 0 Å². The van der Waals surface area contributed by atoms with E-state index in [1.54, 1.807) is 10.9 Å². The van der Waals surface area contributed by atoms with Crippen molar-refractivity contribution in [2.45, 2.75) is 37.3 Å². The van der Waals surface area contributed by atoms with Crippen LogP contribution in [0.1, 0.15) is 45.6 Å². The standard InChI is InChI=1S/C26H22ClN3O3/c27-21-7-3-6-20-18(21)13-16-12-15-4-1-2-5-19(15)26(16,20)30-14-28(17-8-9-17)25(33)23-24(32)22(31)10-11-29(23)30/h1-7,10-11,16-17,32H,8-9,12-14H2. The first-order valence-corrected chi connectivity index (χ1v) is 11.8. The van der Waals surface area contributed by atoms with Crippen LogP contribution >= 0.6 is 11.6 Å². The molecule has 33 heavy (non-hydrogen) atoms. The molecule has 1 amide bonds. The molecule has 0 radical (unpaired) electrons. The minimum absolute atomic E-state index is 0.0497. The molecular formula is C26H22ClN3O3. The third-order valence-electron chi connectivity index (χ3n) is 7.92. The molecule has 2 heterocycles. The van der Waals surface area contributed by atoms with E-state index in [1.165, 1.54) is 17.2 Å². The summed E-state index contributed by atoms with van der Waals surface area (Å²) in [6.07, 6.45) is 5.24. The highest BCUT2D eigenvalue weighted by molar-refractivity contribution is 6.31. The monoisotopic (exact) mass is 459 g/mol. The fourth-order valence-corrected chi connectivity index (χ4v) is 6.68. The van der Waals surface area contributed by atoms with Gasteiger partial charge in [-0.2, -0.15) is 0 Å². The lowest BCUT2D eigenvalue weighted by Gasteiger charge is -2.50. The summed E-state index contributed by atoms with van der Waals surface area (Å²) in [6.45, 7) is 0.385. The molecule has 1 saturated carbocycles. The molecule has 0 saturated heterocycles. The molecule has 1 fully saturated rings. The van der Waals surface area contributed by atoms with Crippen molar-refractivity contribution in [3.8, 4) is 5.75 Å². The van der Waals surface area contributed by atoms with Crippen molar-refractivity contribution in [2.24, 2.45) is 5.92 Å². The maximum atomic E-state index is 13.4. The molecule has 4 aliphatic rings. The van der Waals surface area contributed by atoms with Crippen molar-refractivity contribution in [3.05, 3.63) is 97.9 Å². The number of rotatable bonds is 2. The van der Waals surface area contributed by atoms with E-state index in [4.69, 9.17) is 11.6 Å². The first-order valence-electron chi connectivity index (χ1n) is 11.4. The molecule has 2 atom stereocenters. The van der Waals surface area contributed by atoms with E-state index < -0.39 is 16.7 Å². The molecule has 1 N–H and O–H groups in total. The molecule has 7 rings (SSSR count). The molecule has 0 spiro atoms. The molecule has 1 aromatic heterocycles. The maximum absolute atomic E-state index is 13.4. The number of benzene rings is 2. The zero-order valence-corrected chi connectivity index (χ0v) is 18.6. The Labute approximate surface area is 195 Å². The zero-order valence-electron chi connectivity index (χ0n) is 17.9. The molecule has 3 aliphatic carbocycles. The fraction of sp³-hybridized carbons (Fsp3) is 0.308. The number of nitrogens with zero attached hydrogens (tertiary/aromatic N) is 3. The minimum Gasteiger partial charge on any atom is -0.502 e. The van der Waals surface area contributed by atoms with Gasteiger partial charge in [-0.05, 0) is 54.0 Å². The number of halogens is 1. The van der Waals surface area contributed by atoms with Gasteiger partial charge >= 0.3 is 0 Å². The topological polar surface area (TPSA) is 65.8 Å². The first kappa shape index (κ1) is 19.2. The molecule has 7 heteroatoms. The van der Waals surface area contributed by atoms with Gasteiger partial charge in [0.2, 0.25) is 5.43 Å². The zero-order chi connectivity index (χ0) is 22.5. The Hall–Kier alpha value is -3.25. The lowest BCUT2D eigenvalue weighted by molar-refractivity contribution is 0.0630. The summed E-state index contributed by atoms with van der Waals surface area (Å²) in [5, 5.41) is 13.7. The first-order chi connectivity index (χ1) is 16.0. The van der Waals surface area contributed by atoms with Crippen LogP contribution in [0, 0.1) is 5.92 Å². The van der Waals surface area contributed by atoms with Crippen LogP contribution in [-0.4, -0.2) is 33.3 Å². The smallest absolute Gasteiger partial charge is 0.278 e. The largest absolute Gasteiger partial charge is 0.502 e. The Morgan fingerprint density at radius 2 is 1.76 bits per heavy atom. The van der Waals surface area contributed by atoms with Gasteiger partial charge in [-0.25, -0.2) is 0 Å². The number of aromatic nitrogens is 1. The average molecular weight is 460 g/mol. The summed E-state index contributed by atoms with van der Waals surface area (Å²) in [5.41, 5.74) is 3.72. The van der Waals surface area contributed by atoms with E-state index in [0.717, 1.165) is 41.8 Å². The van der Waals surface area contributed by atoms with Gasteiger partial charge in [-0.3, -0.25) is 19.3 Å². The maximum Gasteiger partial charge on any atom is 0.278 e. The van der Waals surface area contributed by atoms with Crippen molar-refractivity contribution < 1.29 is 9.90 Å². The van der Waals surface area contributed by atoms with Gasteiger partial charge in [0.1, 0.15) is 12.2 Å². The predicted molar refractivity (Wildman–Crippen MR) is 124 cm³/mol. The van der Waals surface area contributed by atoms with Crippen molar-refractivity contribution in [2.75, 3.05) is 11.7 Å². The number of carbonyl (C=O) groups excluding carboxylic acids is 1. The lowest BCUT2D eigenvalue weighted by Crippen LogP contribution is -2.63. The third kappa shape index (κ3) is 2.34. The van der Waals surface area contributed by atoms with Gasteiger partial charge in [0.25, 0.3) is 5.91 Å². The highest BCUT2D eigenvalue weighted by Gasteiger charge is 2.59. The lowest BCUT2D eigenvalue weighted by atomic mass is 9.81. The van der Waals surface area contributed by atoms with Crippen LogP contribution in [0.5, 0.6) is 5.75 Å². The van der Waals surface area contributed by atoms with Gasteiger partial charge in [-0.1, -0.05) is 48.0 Å². The van der Waals surface area contributed by atoms with Crippen LogP contribution < -0.4 is 10.4 Å².